The van der Waals surface area contributed by atoms with Crippen molar-refractivity contribution in [2.75, 3.05) is 31.5 Å². The summed E-state index contributed by atoms with van der Waals surface area (Å²) in [5.74, 6) is 0.539. The fraction of sp³-hybridized carbons (Fsp3) is 0.571. The van der Waals surface area contributed by atoms with Crippen LogP contribution in [0.25, 0.3) is 0 Å². The molecule has 0 aliphatic carbocycles. The van der Waals surface area contributed by atoms with Crippen LogP contribution in [-0.2, 0) is 0 Å². The zero-order valence-electron chi connectivity index (χ0n) is 11.3. The Morgan fingerprint density at radius 3 is 2.84 bits per heavy atom. The summed E-state index contributed by atoms with van der Waals surface area (Å²) in [7, 11) is 0. The van der Waals surface area contributed by atoms with E-state index in [4.69, 9.17) is 0 Å². The van der Waals surface area contributed by atoms with Crippen LogP contribution < -0.4 is 5.32 Å². The van der Waals surface area contributed by atoms with E-state index in [1.54, 1.807) is 12.1 Å². The largest absolute Gasteiger partial charge is 0.385 e. The van der Waals surface area contributed by atoms with E-state index in [0.29, 0.717) is 5.92 Å². The Kier molecular flexibility index (Phi) is 4.74. The lowest BCUT2D eigenvalue weighted by Crippen LogP contribution is -2.28. The van der Waals surface area contributed by atoms with Crippen LogP contribution in [-0.4, -0.2) is 36.0 Å². The lowest BCUT2D eigenvalue weighted by Gasteiger charge is -2.20. The van der Waals surface area contributed by atoms with Crippen molar-refractivity contribution in [3.05, 3.63) is 34.4 Å². The zero-order valence-corrected chi connectivity index (χ0v) is 11.3. The second-order valence-corrected chi connectivity index (χ2v) is 5.30. The van der Waals surface area contributed by atoms with Gasteiger partial charge in [0.05, 0.1) is 4.92 Å². The van der Waals surface area contributed by atoms with E-state index in [-0.39, 0.29) is 10.6 Å². The molecule has 1 aliphatic heterocycles. The summed E-state index contributed by atoms with van der Waals surface area (Å²) in [6, 6.07) is 6.68. The molecule has 1 aromatic carbocycles. The molecule has 1 saturated heterocycles. The van der Waals surface area contributed by atoms with Gasteiger partial charge in [0.15, 0.2) is 0 Å². The third-order valence-electron chi connectivity index (χ3n) is 3.48. The lowest BCUT2D eigenvalue weighted by atomic mass is 10.1. The van der Waals surface area contributed by atoms with Crippen LogP contribution in [0.1, 0.15) is 19.8 Å². The molecule has 104 valence electrons. The normalized spacial score (nSPS) is 17.3. The average Bonchev–Trinajstić information content (AvgIpc) is 2.89. The van der Waals surface area contributed by atoms with Crippen molar-refractivity contribution < 1.29 is 4.92 Å². The molecule has 1 atom stereocenters. The minimum absolute atomic E-state index is 0.136. The van der Waals surface area contributed by atoms with E-state index in [2.05, 4.69) is 17.1 Å². The summed E-state index contributed by atoms with van der Waals surface area (Å²) >= 11 is 0. The Hall–Kier alpha value is -1.62. The lowest BCUT2D eigenvalue weighted by molar-refractivity contribution is -0.384. The van der Waals surface area contributed by atoms with Gasteiger partial charge < -0.3 is 10.2 Å². The summed E-state index contributed by atoms with van der Waals surface area (Å²) in [6.07, 6.45) is 2.62. The standard InChI is InChI=1S/C14H21N3O2/c1-12(11-16-7-2-3-8-16)10-15-13-5-4-6-14(9-13)17(18)19/h4-6,9,12,15H,2-3,7-8,10-11H2,1H3. The maximum absolute atomic E-state index is 10.7. The van der Waals surface area contributed by atoms with Crippen molar-refractivity contribution in [3.8, 4) is 0 Å². The maximum atomic E-state index is 10.7. The highest BCUT2D eigenvalue weighted by Gasteiger charge is 2.14. The molecule has 0 saturated carbocycles. The summed E-state index contributed by atoms with van der Waals surface area (Å²) in [5.41, 5.74) is 0.958. The van der Waals surface area contributed by atoms with Gasteiger partial charge in [0.1, 0.15) is 0 Å². The number of nitrogens with one attached hydrogen (secondary N) is 1. The molecular weight excluding hydrogens is 242 g/mol. The SMILES string of the molecule is CC(CNc1cccc([N+](=O)[O-])c1)CN1CCCC1. The number of rotatable bonds is 6. The highest BCUT2D eigenvalue weighted by molar-refractivity contribution is 5.50. The van der Waals surface area contributed by atoms with Gasteiger partial charge in [-0.2, -0.15) is 0 Å². The Morgan fingerprint density at radius 1 is 1.42 bits per heavy atom. The van der Waals surface area contributed by atoms with Crippen LogP contribution in [0.15, 0.2) is 24.3 Å². The number of hydrogen-bond acceptors (Lipinski definition) is 4. The molecule has 1 aromatic rings. The first kappa shape index (κ1) is 13.8. The maximum Gasteiger partial charge on any atom is 0.271 e. The number of likely N-dealkylation sites (tertiary alicyclic amines) is 1. The highest BCUT2D eigenvalue weighted by Crippen LogP contribution is 2.17. The number of hydrogen-bond donors (Lipinski definition) is 1. The van der Waals surface area contributed by atoms with Crippen molar-refractivity contribution in [2.24, 2.45) is 5.92 Å². The molecule has 0 spiro atoms. The van der Waals surface area contributed by atoms with E-state index >= 15 is 0 Å². The predicted octanol–water partition coefficient (Wildman–Crippen LogP) is 2.74. The second-order valence-electron chi connectivity index (χ2n) is 5.30. The minimum Gasteiger partial charge on any atom is -0.385 e. The molecule has 0 radical (unpaired) electrons. The zero-order chi connectivity index (χ0) is 13.7. The van der Waals surface area contributed by atoms with E-state index in [0.717, 1.165) is 18.8 Å². The molecule has 5 nitrogen and oxygen atoms in total. The molecule has 5 heteroatoms. The average molecular weight is 263 g/mol. The van der Waals surface area contributed by atoms with Gasteiger partial charge in [-0.15, -0.1) is 0 Å². The third-order valence-corrected chi connectivity index (χ3v) is 3.48. The summed E-state index contributed by atoms with van der Waals surface area (Å²) in [5, 5.41) is 14.0. The number of nitrogens with zero attached hydrogens (tertiary/aromatic N) is 2. The monoisotopic (exact) mass is 263 g/mol. The van der Waals surface area contributed by atoms with Gasteiger partial charge >= 0.3 is 0 Å². The van der Waals surface area contributed by atoms with Crippen LogP contribution in [0.5, 0.6) is 0 Å². The van der Waals surface area contributed by atoms with Gasteiger partial charge in [-0.25, -0.2) is 0 Å². The Morgan fingerprint density at radius 2 is 2.16 bits per heavy atom. The number of nitro groups is 1. The van der Waals surface area contributed by atoms with Crippen molar-refractivity contribution in [3.63, 3.8) is 0 Å². The molecule has 1 unspecified atom stereocenters. The fourth-order valence-electron chi connectivity index (χ4n) is 2.49. The molecule has 1 aliphatic rings. The van der Waals surface area contributed by atoms with Crippen LogP contribution in [0.4, 0.5) is 11.4 Å². The van der Waals surface area contributed by atoms with E-state index in [1.807, 2.05) is 6.07 Å². The van der Waals surface area contributed by atoms with Crippen molar-refractivity contribution >= 4 is 11.4 Å². The Labute approximate surface area is 113 Å². The summed E-state index contributed by atoms with van der Waals surface area (Å²) < 4.78 is 0. The number of nitro benzene ring substituents is 1. The molecule has 1 N–H and O–H groups in total. The first-order valence-corrected chi connectivity index (χ1v) is 6.86. The van der Waals surface area contributed by atoms with Crippen molar-refractivity contribution in [1.29, 1.82) is 0 Å². The molecular formula is C14H21N3O2. The first-order chi connectivity index (χ1) is 9.15. The number of benzene rings is 1. The molecule has 0 aromatic heterocycles. The van der Waals surface area contributed by atoms with Gasteiger partial charge in [-0.1, -0.05) is 13.0 Å². The Balaban J connectivity index is 1.80. The van der Waals surface area contributed by atoms with E-state index < -0.39 is 0 Å². The summed E-state index contributed by atoms with van der Waals surface area (Å²) in [4.78, 5) is 12.8. The number of non-ortho nitro benzene ring substituents is 1. The topological polar surface area (TPSA) is 58.4 Å². The smallest absolute Gasteiger partial charge is 0.271 e. The van der Waals surface area contributed by atoms with Crippen molar-refractivity contribution in [1.82, 2.24) is 4.90 Å². The van der Waals surface area contributed by atoms with Gasteiger partial charge in [0.25, 0.3) is 5.69 Å². The van der Waals surface area contributed by atoms with Crippen LogP contribution in [0.2, 0.25) is 0 Å². The Bertz CT molecular complexity index is 430. The molecule has 1 heterocycles. The fourth-order valence-corrected chi connectivity index (χ4v) is 2.49. The number of anilines is 1. The first-order valence-electron chi connectivity index (χ1n) is 6.86. The van der Waals surface area contributed by atoms with Gasteiger partial charge in [0.2, 0.25) is 0 Å². The summed E-state index contributed by atoms with van der Waals surface area (Å²) in [6.45, 7) is 6.57. The van der Waals surface area contributed by atoms with Crippen LogP contribution in [0.3, 0.4) is 0 Å². The molecule has 0 amide bonds. The van der Waals surface area contributed by atoms with E-state index in [9.17, 15) is 10.1 Å². The van der Waals surface area contributed by atoms with Gasteiger partial charge in [0, 0.05) is 30.9 Å². The molecule has 2 rings (SSSR count). The van der Waals surface area contributed by atoms with Crippen molar-refractivity contribution in [2.45, 2.75) is 19.8 Å². The molecule has 1 fully saturated rings. The third kappa shape index (κ3) is 4.21. The van der Waals surface area contributed by atoms with Gasteiger partial charge in [-0.05, 0) is 37.9 Å². The predicted molar refractivity (Wildman–Crippen MR) is 76.4 cm³/mol. The second kappa shape index (κ2) is 6.52. The quantitative estimate of drug-likeness (QED) is 0.633. The van der Waals surface area contributed by atoms with Gasteiger partial charge in [-0.3, -0.25) is 10.1 Å². The molecule has 0 bridgehead atoms. The van der Waals surface area contributed by atoms with E-state index in [1.165, 1.54) is 32.0 Å². The highest BCUT2D eigenvalue weighted by atomic mass is 16.6. The van der Waals surface area contributed by atoms with Crippen LogP contribution >= 0.6 is 0 Å². The van der Waals surface area contributed by atoms with Crippen LogP contribution in [0, 0.1) is 16.0 Å². The molecule has 19 heavy (non-hydrogen) atoms. The minimum atomic E-state index is -0.362.